The normalized spacial score (nSPS) is 26.3. The molecule has 1 N–H and O–H groups in total. The van der Waals surface area contributed by atoms with E-state index < -0.39 is 0 Å². The molecule has 0 saturated carbocycles. The van der Waals surface area contributed by atoms with Crippen LogP contribution in [0, 0.1) is 0 Å². The van der Waals surface area contributed by atoms with Crippen LogP contribution in [0.4, 0.5) is 0 Å². The maximum absolute atomic E-state index is 11.4. The highest BCUT2D eigenvalue weighted by Crippen LogP contribution is 2.14. The van der Waals surface area contributed by atoms with Crippen molar-refractivity contribution in [2.24, 2.45) is 0 Å². The van der Waals surface area contributed by atoms with Gasteiger partial charge in [0.25, 0.3) is 0 Å². The third kappa shape index (κ3) is 2.21. The Balaban J connectivity index is 2.52. The largest absolute Gasteiger partial charge is 0.358 e. The van der Waals surface area contributed by atoms with Crippen molar-refractivity contribution in [2.75, 3.05) is 20.6 Å². The average Bonchev–Trinajstić information content (AvgIpc) is 2.28. The summed E-state index contributed by atoms with van der Waals surface area (Å²) in [5, 5.41) is 2.71. The van der Waals surface area contributed by atoms with Crippen LogP contribution < -0.4 is 5.32 Å². The summed E-state index contributed by atoms with van der Waals surface area (Å²) in [5.74, 6) is 0.166. The van der Waals surface area contributed by atoms with Gasteiger partial charge in [0.2, 0.25) is 5.91 Å². The molecule has 1 amide bonds. The number of likely N-dealkylation sites (tertiary alicyclic amines) is 1. The quantitative estimate of drug-likeness (QED) is 0.625. The van der Waals surface area contributed by atoms with Crippen LogP contribution >= 0.6 is 0 Å². The van der Waals surface area contributed by atoms with Crippen LogP contribution in [0.25, 0.3) is 0 Å². The molecule has 0 aliphatic carbocycles. The third-order valence-corrected chi connectivity index (χ3v) is 2.57. The molecule has 0 aromatic rings. The van der Waals surface area contributed by atoms with Gasteiger partial charge in [-0.25, -0.2) is 0 Å². The van der Waals surface area contributed by atoms with Gasteiger partial charge in [0.15, 0.2) is 0 Å². The zero-order chi connectivity index (χ0) is 8.97. The first kappa shape index (κ1) is 9.52. The SMILES string of the molecule is CNC(=O)[C@H]1CCCCCN1C. The third-order valence-electron chi connectivity index (χ3n) is 2.57. The van der Waals surface area contributed by atoms with Gasteiger partial charge < -0.3 is 5.32 Å². The topological polar surface area (TPSA) is 32.3 Å². The van der Waals surface area contributed by atoms with Crippen molar-refractivity contribution in [3.63, 3.8) is 0 Å². The highest BCUT2D eigenvalue weighted by Gasteiger charge is 2.23. The predicted molar refractivity (Wildman–Crippen MR) is 49.0 cm³/mol. The minimum atomic E-state index is 0.109. The Morgan fingerprint density at radius 2 is 2.17 bits per heavy atom. The molecule has 1 rings (SSSR count). The van der Waals surface area contributed by atoms with Crippen molar-refractivity contribution in [1.82, 2.24) is 10.2 Å². The number of nitrogens with one attached hydrogen (secondary N) is 1. The molecule has 1 aliphatic rings. The summed E-state index contributed by atoms with van der Waals surface area (Å²) in [7, 11) is 3.74. The molecule has 1 atom stereocenters. The van der Waals surface area contributed by atoms with Gasteiger partial charge in [-0.1, -0.05) is 12.8 Å². The Kier molecular flexibility index (Phi) is 3.53. The summed E-state index contributed by atoms with van der Waals surface area (Å²) in [5.41, 5.74) is 0. The average molecular weight is 170 g/mol. The van der Waals surface area contributed by atoms with Crippen LogP contribution in [-0.4, -0.2) is 37.5 Å². The Hall–Kier alpha value is -0.570. The van der Waals surface area contributed by atoms with E-state index >= 15 is 0 Å². The van der Waals surface area contributed by atoms with E-state index in [2.05, 4.69) is 10.2 Å². The first-order valence-electron chi connectivity index (χ1n) is 4.67. The number of hydrogen-bond acceptors (Lipinski definition) is 2. The monoisotopic (exact) mass is 170 g/mol. The fraction of sp³-hybridized carbons (Fsp3) is 0.889. The zero-order valence-corrected chi connectivity index (χ0v) is 7.97. The molecule has 70 valence electrons. The summed E-state index contributed by atoms with van der Waals surface area (Å²) in [6.45, 7) is 1.05. The lowest BCUT2D eigenvalue weighted by atomic mass is 10.1. The maximum Gasteiger partial charge on any atom is 0.237 e. The van der Waals surface area contributed by atoms with Crippen molar-refractivity contribution in [1.29, 1.82) is 0 Å². The second-order valence-electron chi connectivity index (χ2n) is 3.46. The van der Waals surface area contributed by atoms with Gasteiger partial charge in [-0.05, 0) is 26.4 Å². The highest BCUT2D eigenvalue weighted by molar-refractivity contribution is 5.81. The molecular formula is C9H18N2O. The Morgan fingerprint density at radius 3 is 2.83 bits per heavy atom. The standard InChI is InChI=1S/C9H18N2O/c1-10-9(12)8-6-4-3-5-7-11(8)2/h8H,3-7H2,1-2H3,(H,10,12)/t8-/m1/s1. The number of nitrogens with zero attached hydrogens (tertiary/aromatic N) is 1. The number of amides is 1. The summed E-state index contributed by atoms with van der Waals surface area (Å²) >= 11 is 0. The van der Waals surface area contributed by atoms with Crippen molar-refractivity contribution in [2.45, 2.75) is 31.7 Å². The van der Waals surface area contributed by atoms with Crippen LogP contribution in [0.5, 0.6) is 0 Å². The van der Waals surface area contributed by atoms with Crippen molar-refractivity contribution >= 4 is 5.91 Å². The number of carbonyl (C=O) groups is 1. The van der Waals surface area contributed by atoms with Crippen molar-refractivity contribution in [3.8, 4) is 0 Å². The molecule has 1 heterocycles. The van der Waals surface area contributed by atoms with E-state index in [4.69, 9.17) is 0 Å². The highest BCUT2D eigenvalue weighted by atomic mass is 16.2. The van der Waals surface area contributed by atoms with Crippen LogP contribution in [-0.2, 0) is 4.79 Å². The zero-order valence-electron chi connectivity index (χ0n) is 7.97. The van der Waals surface area contributed by atoms with E-state index in [-0.39, 0.29) is 11.9 Å². The van der Waals surface area contributed by atoms with E-state index in [0.29, 0.717) is 0 Å². The summed E-state index contributed by atoms with van der Waals surface area (Å²) < 4.78 is 0. The predicted octanol–water partition coefficient (Wildman–Crippen LogP) is 0.607. The van der Waals surface area contributed by atoms with Crippen LogP contribution in [0.15, 0.2) is 0 Å². The van der Waals surface area contributed by atoms with Gasteiger partial charge in [0.05, 0.1) is 6.04 Å². The fourth-order valence-electron chi connectivity index (χ4n) is 1.75. The van der Waals surface area contributed by atoms with Gasteiger partial charge in [-0.2, -0.15) is 0 Å². The molecule has 12 heavy (non-hydrogen) atoms. The van der Waals surface area contributed by atoms with E-state index in [1.54, 1.807) is 7.05 Å². The molecule has 0 spiro atoms. The Bertz CT molecular complexity index is 159. The van der Waals surface area contributed by atoms with Gasteiger partial charge in [0.1, 0.15) is 0 Å². The molecular weight excluding hydrogens is 152 g/mol. The van der Waals surface area contributed by atoms with Crippen LogP contribution in [0.3, 0.4) is 0 Å². The number of likely N-dealkylation sites (N-methyl/N-ethyl adjacent to an activating group) is 2. The van der Waals surface area contributed by atoms with Gasteiger partial charge in [-0.3, -0.25) is 9.69 Å². The van der Waals surface area contributed by atoms with E-state index in [1.807, 2.05) is 7.05 Å². The molecule has 3 heteroatoms. The first-order chi connectivity index (χ1) is 5.75. The van der Waals surface area contributed by atoms with Gasteiger partial charge in [-0.15, -0.1) is 0 Å². The lowest BCUT2D eigenvalue weighted by Crippen LogP contribution is -2.43. The second-order valence-corrected chi connectivity index (χ2v) is 3.46. The number of carbonyl (C=O) groups excluding carboxylic acids is 1. The molecule has 0 unspecified atom stereocenters. The lowest BCUT2D eigenvalue weighted by molar-refractivity contribution is -0.125. The van der Waals surface area contributed by atoms with Crippen molar-refractivity contribution < 1.29 is 4.79 Å². The van der Waals surface area contributed by atoms with Gasteiger partial charge >= 0.3 is 0 Å². The van der Waals surface area contributed by atoms with E-state index in [9.17, 15) is 4.79 Å². The molecule has 0 aromatic heterocycles. The van der Waals surface area contributed by atoms with Gasteiger partial charge in [0, 0.05) is 7.05 Å². The van der Waals surface area contributed by atoms with E-state index in [0.717, 1.165) is 13.0 Å². The molecule has 0 radical (unpaired) electrons. The Morgan fingerprint density at radius 1 is 1.42 bits per heavy atom. The van der Waals surface area contributed by atoms with Crippen LogP contribution in [0.2, 0.25) is 0 Å². The molecule has 3 nitrogen and oxygen atoms in total. The van der Waals surface area contributed by atoms with Crippen LogP contribution in [0.1, 0.15) is 25.7 Å². The molecule has 1 fully saturated rings. The maximum atomic E-state index is 11.4. The molecule has 1 saturated heterocycles. The summed E-state index contributed by atoms with van der Waals surface area (Å²) in [6.07, 6.45) is 4.68. The molecule has 0 aromatic carbocycles. The number of hydrogen-bond donors (Lipinski definition) is 1. The van der Waals surface area contributed by atoms with Crippen molar-refractivity contribution in [3.05, 3.63) is 0 Å². The first-order valence-corrected chi connectivity index (χ1v) is 4.67. The number of rotatable bonds is 1. The smallest absolute Gasteiger partial charge is 0.237 e. The van der Waals surface area contributed by atoms with E-state index in [1.165, 1.54) is 19.3 Å². The fourth-order valence-corrected chi connectivity index (χ4v) is 1.75. The Labute approximate surface area is 74.1 Å². The molecule has 1 aliphatic heterocycles. The minimum Gasteiger partial charge on any atom is -0.358 e. The second kappa shape index (κ2) is 4.45. The minimum absolute atomic E-state index is 0.109. The summed E-state index contributed by atoms with van der Waals surface area (Å²) in [4.78, 5) is 13.5. The lowest BCUT2D eigenvalue weighted by Gasteiger charge is -2.23. The summed E-state index contributed by atoms with van der Waals surface area (Å²) in [6, 6.07) is 0.109. The molecule has 0 bridgehead atoms.